The van der Waals surface area contributed by atoms with E-state index in [1.807, 2.05) is 0 Å². The van der Waals surface area contributed by atoms with E-state index in [-0.39, 0.29) is 0 Å². The molecule has 0 bridgehead atoms. The topological polar surface area (TPSA) is 21.3 Å². The third-order valence-corrected chi connectivity index (χ3v) is 3.70. The summed E-state index contributed by atoms with van der Waals surface area (Å²) in [5.41, 5.74) is 0. The van der Waals surface area contributed by atoms with Gasteiger partial charge in [-0.25, -0.2) is 8.78 Å². The summed E-state index contributed by atoms with van der Waals surface area (Å²) in [7, 11) is 0. The molecule has 1 N–H and O–H groups in total. The number of halogens is 2. The highest BCUT2D eigenvalue weighted by Gasteiger charge is 2.15. The normalized spacial score (nSPS) is 14.7. The first-order valence-corrected chi connectivity index (χ1v) is 8.23. The van der Waals surface area contributed by atoms with Crippen molar-refractivity contribution in [2.45, 2.75) is 78.2 Å². The molecular formula is C16H33F2NO. The molecule has 0 saturated heterocycles. The van der Waals surface area contributed by atoms with Crippen LogP contribution >= 0.6 is 0 Å². The maximum atomic E-state index is 12.0. The van der Waals surface area contributed by atoms with Gasteiger partial charge in [0, 0.05) is 12.6 Å². The Kier molecular flexibility index (Phi) is 13.6. The molecule has 4 heteroatoms. The molecule has 0 aliphatic rings. The lowest BCUT2D eigenvalue weighted by Crippen LogP contribution is -2.33. The van der Waals surface area contributed by atoms with Crippen molar-refractivity contribution >= 4 is 0 Å². The van der Waals surface area contributed by atoms with Crippen molar-refractivity contribution in [3.63, 3.8) is 0 Å². The van der Waals surface area contributed by atoms with Gasteiger partial charge in [0.05, 0.1) is 0 Å². The molecule has 0 spiro atoms. The second-order valence-corrected chi connectivity index (χ2v) is 5.56. The zero-order chi connectivity index (χ0) is 15.2. The molecule has 0 amide bonds. The second-order valence-electron chi connectivity index (χ2n) is 5.56. The van der Waals surface area contributed by atoms with Crippen LogP contribution in [0.25, 0.3) is 0 Å². The monoisotopic (exact) mass is 293 g/mol. The Morgan fingerprint density at radius 1 is 1.05 bits per heavy atom. The molecule has 0 aromatic rings. The number of hydrogen-bond acceptors (Lipinski definition) is 2. The summed E-state index contributed by atoms with van der Waals surface area (Å²) in [6.45, 7) is 7.58. The Labute approximate surface area is 123 Å². The van der Waals surface area contributed by atoms with E-state index < -0.39 is 13.0 Å². The fourth-order valence-electron chi connectivity index (χ4n) is 2.43. The highest BCUT2D eigenvalue weighted by molar-refractivity contribution is 4.71. The zero-order valence-corrected chi connectivity index (χ0v) is 13.5. The van der Waals surface area contributed by atoms with Crippen LogP contribution in [0.2, 0.25) is 0 Å². The van der Waals surface area contributed by atoms with Gasteiger partial charge in [-0.2, -0.15) is 0 Å². The van der Waals surface area contributed by atoms with Crippen LogP contribution in [-0.2, 0) is 4.74 Å². The molecule has 0 aliphatic heterocycles. The van der Waals surface area contributed by atoms with Crippen LogP contribution in [0.3, 0.4) is 0 Å². The second kappa shape index (κ2) is 13.7. The Hall–Kier alpha value is -0.220. The van der Waals surface area contributed by atoms with Crippen molar-refractivity contribution in [1.82, 2.24) is 5.32 Å². The molecule has 0 fully saturated rings. The minimum Gasteiger partial charge on any atom is -0.375 e. The summed E-state index contributed by atoms with van der Waals surface area (Å²) in [5.74, 6) is 0.736. The van der Waals surface area contributed by atoms with E-state index in [1.165, 1.54) is 25.7 Å². The van der Waals surface area contributed by atoms with Gasteiger partial charge >= 0.3 is 0 Å². The van der Waals surface area contributed by atoms with Gasteiger partial charge in [0.1, 0.15) is 6.61 Å². The molecule has 0 rings (SSSR count). The molecule has 0 saturated carbocycles. The van der Waals surface area contributed by atoms with Crippen LogP contribution < -0.4 is 5.32 Å². The van der Waals surface area contributed by atoms with Crippen LogP contribution in [0.5, 0.6) is 0 Å². The summed E-state index contributed by atoms with van der Waals surface area (Å²) in [5, 5.41) is 3.53. The summed E-state index contributed by atoms with van der Waals surface area (Å²) < 4.78 is 29.1. The maximum absolute atomic E-state index is 12.0. The lowest BCUT2D eigenvalue weighted by Gasteiger charge is -2.24. The van der Waals surface area contributed by atoms with Crippen LogP contribution in [0.4, 0.5) is 8.78 Å². The quantitative estimate of drug-likeness (QED) is 0.471. The first-order valence-electron chi connectivity index (χ1n) is 8.23. The number of ether oxygens (including phenoxy) is 1. The first kappa shape index (κ1) is 19.8. The van der Waals surface area contributed by atoms with Gasteiger partial charge in [0.15, 0.2) is 0 Å². The molecule has 0 heterocycles. The third kappa shape index (κ3) is 11.6. The van der Waals surface area contributed by atoms with Gasteiger partial charge in [-0.15, -0.1) is 0 Å². The van der Waals surface area contributed by atoms with Crippen LogP contribution in [0.15, 0.2) is 0 Å². The molecule has 2 nitrogen and oxygen atoms in total. The predicted octanol–water partition coefficient (Wildman–Crippen LogP) is 4.63. The van der Waals surface area contributed by atoms with Crippen LogP contribution in [0.1, 0.15) is 65.7 Å². The molecule has 2 unspecified atom stereocenters. The van der Waals surface area contributed by atoms with E-state index in [2.05, 4.69) is 26.1 Å². The number of unbranched alkanes of at least 4 members (excludes halogenated alkanes) is 1. The van der Waals surface area contributed by atoms with Crippen molar-refractivity contribution in [1.29, 1.82) is 0 Å². The van der Waals surface area contributed by atoms with Gasteiger partial charge in [-0.1, -0.05) is 46.5 Å². The molecule has 0 radical (unpaired) electrons. The lowest BCUT2D eigenvalue weighted by molar-refractivity contribution is 0.0137. The Bertz CT molecular complexity index is 203. The number of hydrogen-bond donors (Lipinski definition) is 1. The van der Waals surface area contributed by atoms with Crippen molar-refractivity contribution in [2.75, 3.05) is 19.8 Å². The van der Waals surface area contributed by atoms with E-state index in [1.54, 1.807) is 0 Å². The molecule has 0 aromatic carbocycles. The van der Waals surface area contributed by atoms with Crippen molar-refractivity contribution < 1.29 is 13.5 Å². The minimum absolute atomic E-state index is 0.398. The zero-order valence-electron chi connectivity index (χ0n) is 13.5. The van der Waals surface area contributed by atoms with E-state index in [9.17, 15) is 8.78 Å². The summed E-state index contributed by atoms with van der Waals surface area (Å²) in [6, 6.07) is 0.398. The first-order chi connectivity index (χ1) is 9.63. The summed E-state index contributed by atoms with van der Waals surface area (Å²) >= 11 is 0. The fraction of sp³-hybridized carbons (Fsp3) is 1.00. The van der Waals surface area contributed by atoms with Crippen molar-refractivity contribution in [3.05, 3.63) is 0 Å². The average Bonchev–Trinajstić information content (AvgIpc) is 2.44. The van der Waals surface area contributed by atoms with Crippen LogP contribution in [0, 0.1) is 5.92 Å². The van der Waals surface area contributed by atoms with Gasteiger partial charge < -0.3 is 10.1 Å². The number of alkyl halides is 2. The molecular weight excluding hydrogens is 260 g/mol. The van der Waals surface area contributed by atoms with Gasteiger partial charge in [0.2, 0.25) is 0 Å². The maximum Gasteiger partial charge on any atom is 0.261 e. The lowest BCUT2D eigenvalue weighted by atomic mass is 9.91. The summed E-state index contributed by atoms with van der Waals surface area (Å²) in [6.07, 6.45) is 5.69. The predicted molar refractivity (Wildman–Crippen MR) is 81.4 cm³/mol. The molecule has 2 atom stereocenters. The highest BCUT2D eigenvalue weighted by Crippen LogP contribution is 2.20. The Balaban J connectivity index is 4.03. The standard InChI is InChI=1S/C16H33F2NO/c1-4-7-8-14(6-3)12-15(19-10-5-2)9-11-20-13-16(17)18/h14-16,19H,4-13H2,1-3H3. The van der Waals surface area contributed by atoms with E-state index >= 15 is 0 Å². The van der Waals surface area contributed by atoms with E-state index in [0.29, 0.717) is 12.6 Å². The Morgan fingerprint density at radius 2 is 1.80 bits per heavy atom. The number of rotatable bonds is 14. The Morgan fingerprint density at radius 3 is 2.35 bits per heavy atom. The minimum atomic E-state index is -2.36. The van der Waals surface area contributed by atoms with E-state index in [4.69, 9.17) is 4.74 Å². The van der Waals surface area contributed by atoms with Gasteiger partial charge in [0.25, 0.3) is 6.43 Å². The van der Waals surface area contributed by atoms with Crippen LogP contribution in [-0.4, -0.2) is 32.2 Å². The van der Waals surface area contributed by atoms with Crippen molar-refractivity contribution in [3.8, 4) is 0 Å². The third-order valence-electron chi connectivity index (χ3n) is 3.70. The van der Waals surface area contributed by atoms with Gasteiger partial charge in [-0.05, 0) is 31.7 Å². The summed E-state index contributed by atoms with van der Waals surface area (Å²) in [4.78, 5) is 0. The molecule has 122 valence electrons. The highest BCUT2D eigenvalue weighted by atomic mass is 19.3. The fourth-order valence-corrected chi connectivity index (χ4v) is 2.43. The average molecular weight is 293 g/mol. The molecule has 20 heavy (non-hydrogen) atoms. The largest absolute Gasteiger partial charge is 0.375 e. The smallest absolute Gasteiger partial charge is 0.261 e. The number of nitrogens with one attached hydrogen (secondary N) is 1. The molecule has 0 aliphatic carbocycles. The van der Waals surface area contributed by atoms with E-state index in [0.717, 1.165) is 31.7 Å². The SMILES string of the molecule is CCCCC(CC)CC(CCOCC(F)F)NCCC. The molecule has 0 aromatic heterocycles. The van der Waals surface area contributed by atoms with Gasteiger partial charge in [-0.3, -0.25) is 0 Å². The van der Waals surface area contributed by atoms with Crippen molar-refractivity contribution in [2.24, 2.45) is 5.92 Å².